The molecule has 5 nitrogen and oxygen atoms in total. The van der Waals surface area contributed by atoms with Gasteiger partial charge < -0.3 is 15.5 Å². The lowest BCUT2D eigenvalue weighted by molar-refractivity contribution is -0.121. The van der Waals surface area contributed by atoms with E-state index in [1.54, 1.807) is 0 Å². The maximum Gasteiger partial charge on any atom is 0.220 e. The fourth-order valence-electron chi connectivity index (χ4n) is 3.70. The van der Waals surface area contributed by atoms with E-state index in [2.05, 4.69) is 50.2 Å². The number of halogens is 1. The van der Waals surface area contributed by atoms with Crippen molar-refractivity contribution in [1.82, 2.24) is 15.5 Å². The maximum atomic E-state index is 12.0. The Balaban J connectivity index is 0.00000312. The zero-order valence-electron chi connectivity index (χ0n) is 16.7. The van der Waals surface area contributed by atoms with E-state index in [1.807, 2.05) is 0 Å². The summed E-state index contributed by atoms with van der Waals surface area (Å²) in [6.07, 6.45) is 5.70. The first-order valence-corrected chi connectivity index (χ1v) is 9.60. The largest absolute Gasteiger partial charge is 0.356 e. The van der Waals surface area contributed by atoms with Gasteiger partial charge in [-0.05, 0) is 39.5 Å². The molecule has 2 aliphatic rings. The van der Waals surface area contributed by atoms with Crippen LogP contribution in [0.15, 0.2) is 4.99 Å². The molecule has 25 heavy (non-hydrogen) atoms. The van der Waals surface area contributed by atoms with Crippen molar-refractivity contribution in [2.75, 3.05) is 26.2 Å². The van der Waals surface area contributed by atoms with Gasteiger partial charge in [0.1, 0.15) is 0 Å². The molecule has 0 bridgehead atoms. The van der Waals surface area contributed by atoms with E-state index in [0.29, 0.717) is 30.8 Å². The first-order chi connectivity index (χ1) is 11.3. The van der Waals surface area contributed by atoms with Crippen LogP contribution in [0.4, 0.5) is 0 Å². The second-order valence-corrected chi connectivity index (χ2v) is 8.47. The van der Waals surface area contributed by atoms with Crippen LogP contribution in [0.3, 0.4) is 0 Å². The Kier molecular flexibility index (Phi) is 8.48. The van der Waals surface area contributed by atoms with E-state index in [9.17, 15) is 4.79 Å². The molecule has 0 spiro atoms. The summed E-state index contributed by atoms with van der Waals surface area (Å²) in [5, 5.41) is 6.41. The number of likely N-dealkylation sites (tertiary alicyclic amines) is 1. The number of hydrogen-bond donors (Lipinski definition) is 2. The molecule has 1 saturated carbocycles. The highest BCUT2D eigenvalue weighted by molar-refractivity contribution is 14.0. The van der Waals surface area contributed by atoms with Crippen LogP contribution in [-0.4, -0.2) is 48.5 Å². The summed E-state index contributed by atoms with van der Waals surface area (Å²) in [6.45, 7) is 14.4. The molecule has 1 aliphatic carbocycles. The molecule has 1 saturated heterocycles. The first-order valence-electron chi connectivity index (χ1n) is 9.60. The summed E-state index contributed by atoms with van der Waals surface area (Å²) in [6, 6.07) is 0. The van der Waals surface area contributed by atoms with Gasteiger partial charge in [0.15, 0.2) is 5.96 Å². The lowest BCUT2D eigenvalue weighted by Crippen LogP contribution is -2.72. The number of amides is 1. The Hall–Kier alpha value is -0.530. The van der Waals surface area contributed by atoms with Crippen molar-refractivity contribution in [1.29, 1.82) is 0 Å². The third-order valence-electron chi connectivity index (χ3n) is 6.12. The molecule has 0 aromatic rings. The van der Waals surface area contributed by atoms with Crippen LogP contribution in [0.1, 0.15) is 66.7 Å². The Morgan fingerprint density at radius 3 is 2.32 bits per heavy atom. The third-order valence-corrected chi connectivity index (χ3v) is 6.12. The normalized spacial score (nSPS) is 22.1. The van der Waals surface area contributed by atoms with Crippen molar-refractivity contribution in [3.8, 4) is 0 Å². The summed E-state index contributed by atoms with van der Waals surface area (Å²) >= 11 is 0. The zero-order valence-corrected chi connectivity index (χ0v) is 19.0. The van der Waals surface area contributed by atoms with Crippen molar-refractivity contribution >= 4 is 35.8 Å². The third kappa shape index (κ3) is 5.47. The summed E-state index contributed by atoms with van der Waals surface area (Å²) in [5.41, 5.74) is 0.387. The number of nitrogens with zero attached hydrogens (tertiary/aromatic N) is 2. The monoisotopic (exact) mass is 464 g/mol. The quantitative estimate of drug-likeness (QED) is 0.274. The number of rotatable bonds is 6. The van der Waals surface area contributed by atoms with Crippen LogP contribution in [0, 0.1) is 11.3 Å². The highest BCUT2D eigenvalue weighted by Crippen LogP contribution is 2.46. The minimum Gasteiger partial charge on any atom is -0.356 e. The lowest BCUT2D eigenvalue weighted by Gasteiger charge is -2.62. The van der Waals surface area contributed by atoms with E-state index < -0.39 is 0 Å². The predicted octanol–water partition coefficient (Wildman–Crippen LogP) is 3.39. The van der Waals surface area contributed by atoms with Crippen molar-refractivity contribution in [3.63, 3.8) is 0 Å². The highest BCUT2D eigenvalue weighted by atomic mass is 127. The minimum atomic E-state index is 0. The fourth-order valence-corrected chi connectivity index (χ4v) is 3.70. The molecule has 6 heteroatoms. The van der Waals surface area contributed by atoms with Crippen molar-refractivity contribution in [2.45, 2.75) is 72.3 Å². The van der Waals surface area contributed by atoms with Crippen molar-refractivity contribution in [3.05, 3.63) is 0 Å². The summed E-state index contributed by atoms with van der Waals surface area (Å²) in [7, 11) is 0. The average molecular weight is 464 g/mol. The van der Waals surface area contributed by atoms with Gasteiger partial charge in [0.25, 0.3) is 0 Å². The molecule has 2 fully saturated rings. The lowest BCUT2D eigenvalue weighted by atomic mass is 9.65. The van der Waals surface area contributed by atoms with Crippen LogP contribution in [0.5, 0.6) is 0 Å². The number of guanidine groups is 1. The first kappa shape index (κ1) is 22.5. The molecule has 1 amide bonds. The second kappa shape index (κ2) is 9.42. The maximum absolute atomic E-state index is 12.0. The second-order valence-electron chi connectivity index (χ2n) is 8.47. The number of carbonyl (C=O) groups is 1. The molecule has 2 rings (SSSR count). The number of aliphatic imine (C=N–C) groups is 1. The topological polar surface area (TPSA) is 56.7 Å². The molecule has 0 atom stereocenters. The molecule has 2 N–H and O–H groups in total. The van der Waals surface area contributed by atoms with Gasteiger partial charge in [0.05, 0.1) is 6.54 Å². The van der Waals surface area contributed by atoms with Gasteiger partial charge in [-0.25, -0.2) is 0 Å². The Morgan fingerprint density at radius 2 is 1.80 bits per heavy atom. The van der Waals surface area contributed by atoms with Gasteiger partial charge in [-0.3, -0.25) is 9.79 Å². The Morgan fingerprint density at radius 1 is 1.16 bits per heavy atom. The molecule has 0 aromatic heterocycles. The van der Waals surface area contributed by atoms with Gasteiger partial charge in [0.2, 0.25) is 5.91 Å². The molecular formula is C19H37IN4O. The zero-order chi connectivity index (χ0) is 17.8. The minimum absolute atomic E-state index is 0. The summed E-state index contributed by atoms with van der Waals surface area (Å²) < 4.78 is 0. The van der Waals surface area contributed by atoms with Gasteiger partial charge in [0, 0.05) is 37.0 Å². The van der Waals surface area contributed by atoms with E-state index in [4.69, 9.17) is 4.99 Å². The van der Waals surface area contributed by atoms with Crippen molar-refractivity contribution < 1.29 is 4.79 Å². The molecular weight excluding hydrogens is 427 g/mol. The van der Waals surface area contributed by atoms with Gasteiger partial charge in [-0.2, -0.15) is 0 Å². The number of nitrogens with one attached hydrogen (secondary N) is 2. The van der Waals surface area contributed by atoms with Crippen LogP contribution >= 0.6 is 24.0 Å². The van der Waals surface area contributed by atoms with E-state index in [0.717, 1.165) is 19.0 Å². The molecule has 0 aromatic carbocycles. The van der Waals surface area contributed by atoms with Crippen LogP contribution < -0.4 is 10.6 Å². The van der Waals surface area contributed by atoms with E-state index in [1.165, 1.54) is 25.7 Å². The highest BCUT2D eigenvalue weighted by Gasteiger charge is 2.53. The molecule has 0 unspecified atom stereocenters. The van der Waals surface area contributed by atoms with Crippen LogP contribution in [0.25, 0.3) is 0 Å². The molecule has 146 valence electrons. The van der Waals surface area contributed by atoms with Crippen LogP contribution in [0.2, 0.25) is 0 Å². The average Bonchev–Trinajstić information content (AvgIpc) is 3.01. The standard InChI is InChI=1S/C19H36N4O.HI/c1-6-20-17(23-14-18(2,3)19(23,4)5)22-12-11-21-16(24)13-15-9-7-8-10-15;/h15H,6-14H2,1-5H3,(H,20,22)(H,21,24);1H. The predicted molar refractivity (Wildman–Crippen MR) is 116 cm³/mol. The summed E-state index contributed by atoms with van der Waals surface area (Å²) in [4.78, 5) is 19.0. The number of hydrogen-bond acceptors (Lipinski definition) is 2. The van der Waals surface area contributed by atoms with Gasteiger partial charge in [-0.1, -0.05) is 26.7 Å². The SMILES string of the molecule is CCNC(=NCCNC(=O)CC1CCCC1)N1CC(C)(C)C1(C)C.I. The van der Waals surface area contributed by atoms with Crippen LogP contribution in [-0.2, 0) is 4.79 Å². The smallest absolute Gasteiger partial charge is 0.220 e. The van der Waals surface area contributed by atoms with Gasteiger partial charge >= 0.3 is 0 Å². The summed E-state index contributed by atoms with van der Waals surface area (Å²) in [5.74, 6) is 1.76. The number of carbonyl (C=O) groups excluding carboxylic acids is 1. The Labute approximate surface area is 170 Å². The van der Waals surface area contributed by atoms with E-state index >= 15 is 0 Å². The van der Waals surface area contributed by atoms with E-state index in [-0.39, 0.29) is 35.4 Å². The van der Waals surface area contributed by atoms with Crippen molar-refractivity contribution in [2.24, 2.45) is 16.3 Å². The molecule has 0 radical (unpaired) electrons. The molecule has 1 heterocycles. The molecule has 1 aliphatic heterocycles. The Bertz CT molecular complexity index is 470. The fraction of sp³-hybridized carbons (Fsp3) is 0.895. The van der Waals surface area contributed by atoms with Gasteiger partial charge in [-0.15, -0.1) is 24.0 Å².